The first-order valence-electron chi connectivity index (χ1n) is 6.27. The monoisotopic (exact) mass is 364 g/mol. The fraction of sp³-hybridized carbons (Fsp3) is 0.538. The molecule has 1 rings (SSSR count). The van der Waals surface area contributed by atoms with Crippen molar-refractivity contribution in [3.63, 3.8) is 0 Å². The number of aliphatic hydroxyl groups is 1. The lowest BCUT2D eigenvalue weighted by Gasteiger charge is -2.34. The first-order chi connectivity index (χ1) is 10.1. The van der Waals surface area contributed by atoms with Gasteiger partial charge in [-0.1, -0.05) is 37.3 Å². The van der Waals surface area contributed by atoms with Crippen LogP contribution in [0.1, 0.15) is 18.9 Å². The molecule has 10 heteroatoms. The zero-order chi connectivity index (χ0) is 18.5. The molecule has 0 aliphatic rings. The van der Waals surface area contributed by atoms with Crippen LogP contribution >= 0.6 is 0 Å². The third-order valence-electron chi connectivity index (χ3n) is 2.67. The fourth-order valence-corrected chi connectivity index (χ4v) is 1.48. The maximum Gasteiger partial charge on any atom is 0.367 e. The van der Waals surface area contributed by atoms with Gasteiger partial charge in [0.25, 0.3) is 16.0 Å². The van der Waals surface area contributed by atoms with Crippen molar-refractivity contribution < 1.29 is 40.0 Å². The van der Waals surface area contributed by atoms with Crippen molar-refractivity contribution in [1.29, 1.82) is 0 Å². The molecule has 1 atom stereocenters. The zero-order valence-corrected chi connectivity index (χ0v) is 13.1. The van der Waals surface area contributed by atoms with Gasteiger partial charge in [-0.25, -0.2) is 4.39 Å². The van der Waals surface area contributed by atoms with Crippen LogP contribution in [0, 0.1) is 0 Å². The minimum atomic E-state index is -5.15. The van der Waals surface area contributed by atoms with Gasteiger partial charge < -0.3 is 5.11 Å². The summed E-state index contributed by atoms with van der Waals surface area (Å²) in [5, 5.41) is 9.07. The summed E-state index contributed by atoms with van der Waals surface area (Å²) in [6, 6.07) is 6.96. The number of hydrogen-bond donors (Lipinski definition) is 2. The summed E-state index contributed by atoms with van der Waals surface area (Å²) in [6.45, 7) is 0.798. The number of hydrogen-bond acceptors (Lipinski definition) is 3. The Bertz CT molecular complexity index is 580. The maximum atomic E-state index is 13.6. The smallest absolute Gasteiger partial charge is 0.357 e. The molecule has 0 spiro atoms. The predicted octanol–water partition coefficient (Wildman–Crippen LogP) is 3.07. The molecule has 2 N–H and O–H groups in total. The van der Waals surface area contributed by atoms with Gasteiger partial charge in [-0.2, -0.15) is 26.0 Å². The molecule has 134 valence electrons. The van der Waals surface area contributed by atoms with Gasteiger partial charge in [0.05, 0.1) is 6.26 Å². The van der Waals surface area contributed by atoms with E-state index in [2.05, 4.69) is 0 Å². The second kappa shape index (κ2) is 7.54. The summed E-state index contributed by atoms with van der Waals surface area (Å²) in [7, 11) is -3.67. The van der Waals surface area contributed by atoms with Crippen LogP contribution in [0.15, 0.2) is 30.3 Å². The molecule has 0 aliphatic heterocycles. The standard InChI is InChI=1S/C12H13F5O.CH4O3S/c1-2-10(13,14)12(16,17)11(15,18)8-9-6-4-3-5-7-9;1-5(2,3)4/h3-7,18H,2,8H2,1H3;1H3,(H,2,3,4). The van der Waals surface area contributed by atoms with Gasteiger partial charge in [-0.05, 0) is 5.56 Å². The van der Waals surface area contributed by atoms with E-state index in [1.165, 1.54) is 24.3 Å². The number of benzene rings is 1. The Morgan fingerprint density at radius 3 is 1.78 bits per heavy atom. The molecule has 0 aliphatic carbocycles. The lowest BCUT2D eigenvalue weighted by Crippen LogP contribution is -2.57. The van der Waals surface area contributed by atoms with Crippen LogP contribution in [0.4, 0.5) is 22.0 Å². The highest BCUT2D eigenvalue weighted by Crippen LogP contribution is 2.46. The van der Waals surface area contributed by atoms with E-state index in [1.54, 1.807) is 6.07 Å². The topological polar surface area (TPSA) is 74.6 Å². The number of rotatable bonds is 5. The maximum absolute atomic E-state index is 13.6. The third-order valence-corrected chi connectivity index (χ3v) is 2.67. The largest absolute Gasteiger partial charge is 0.367 e. The average molecular weight is 364 g/mol. The summed E-state index contributed by atoms with van der Waals surface area (Å²) in [5.41, 5.74) is 0.00841. The second-order valence-electron chi connectivity index (χ2n) is 4.79. The molecular weight excluding hydrogens is 347 g/mol. The van der Waals surface area contributed by atoms with Crippen molar-refractivity contribution in [2.75, 3.05) is 6.26 Å². The van der Waals surface area contributed by atoms with Crippen LogP contribution in [0.3, 0.4) is 0 Å². The minimum Gasteiger partial charge on any atom is -0.357 e. The van der Waals surface area contributed by atoms with Gasteiger partial charge in [0.1, 0.15) is 0 Å². The molecule has 0 amide bonds. The molecule has 1 aromatic carbocycles. The normalized spacial score (nSPS) is 15.3. The summed E-state index contributed by atoms with van der Waals surface area (Å²) in [4.78, 5) is 0. The van der Waals surface area contributed by atoms with E-state index in [4.69, 9.17) is 9.66 Å². The summed E-state index contributed by atoms with van der Waals surface area (Å²) >= 11 is 0. The second-order valence-corrected chi connectivity index (χ2v) is 6.25. The fourth-order valence-electron chi connectivity index (χ4n) is 1.48. The van der Waals surface area contributed by atoms with E-state index < -0.39 is 40.7 Å². The lowest BCUT2D eigenvalue weighted by atomic mass is 9.95. The molecular formula is C13H17F5O4S. The first-order valence-corrected chi connectivity index (χ1v) is 8.12. The van der Waals surface area contributed by atoms with Gasteiger partial charge in [0.15, 0.2) is 0 Å². The predicted molar refractivity (Wildman–Crippen MR) is 73.9 cm³/mol. The molecule has 0 saturated carbocycles. The minimum absolute atomic E-state index is 0.00841. The molecule has 0 saturated heterocycles. The Hall–Kier alpha value is -1.26. The van der Waals surface area contributed by atoms with Crippen LogP contribution in [-0.4, -0.2) is 42.0 Å². The van der Waals surface area contributed by atoms with Gasteiger partial charge in [0.2, 0.25) is 0 Å². The van der Waals surface area contributed by atoms with E-state index in [0.29, 0.717) is 6.26 Å². The Morgan fingerprint density at radius 1 is 1.04 bits per heavy atom. The lowest BCUT2D eigenvalue weighted by molar-refractivity contribution is -0.333. The van der Waals surface area contributed by atoms with E-state index in [0.717, 1.165) is 6.92 Å². The molecule has 1 aromatic rings. The zero-order valence-electron chi connectivity index (χ0n) is 12.3. The van der Waals surface area contributed by atoms with Gasteiger partial charge in [-0.3, -0.25) is 4.55 Å². The van der Waals surface area contributed by atoms with Gasteiger partial charge in [0, 0.05) is 12.8 Å². The SMILES string of the molecule is CCC(F)(F)C(F)(F)C(O)(F)Cc1ccccc1.CS(=O)(=O)O. The number of halogens is 5. The molecule has 0 bridgehead atoms. The average Bonchev–Trinajstić information content (AvgIpc) is 2.37. The van der Waals surface area contributed by atoms with Crippen molar-refractivity contribution in [3.8, 4) is 0 Å². The molecule has 4 nitrogen and oxygen atoms in total. The van der Waals surface area contributed by atoms with Crippen LogP contribution in [0.2, 0.25) is 0 Å². The molecule has 1 unspecified atom stereocenters. The van der Waals surface area contributed by atoms with E-state index >= 15 is 0 Å². The van der Waals surface area contributed by atoms with E-state index in [-0.39, 0.29) is 5.56 Å². The first kappa shape index (κ1) is 21.7. The highest BCUT2D eigenvalue weighted by Gasteiger charge is 2.68. The highest BCUT2D eigenvalue weighted by atomic mass is 32.2. The molecule has 0 heterocycles. The van der Waals surface area contributed by atoms with Crippen LogP contribution in [0.25, 0.3) is 0 Å². The molecule has 23 heavy (non-hydrogen) atoms. The van der Waals surface area contributed by atoms with Crippen LogP contribution < -0.4 is 0 Å². The Kier molecular flexibility index (Phi) is 7.13. The van der Waals surface area contributed by atoms with E-state index in [9.17, 15) is 30.4 Å². The number of alkyl halides is 5. The van der Waals surface area contributed by atoms with Crippen molar-refractivity contribution in [2.24, 2.45) is 0 Å². The quantitative estimate of drug-likeness (QED) is 0.622. The third kappa shape index (κ3) is 6.80. The summed E-state index contributed by atoms with van der Waals surface area (Å²) in [6.07, 6.45) is -1.75. The van der Waals surface area contributed by atoms with Crippen LogP contribution in [0.5, 0.6) is 0 Å². The Balaban J connectivity index is 0.000000841. The van der Waals surface area contributed by atoms with E-state index in [1.807, 2.05) is 0 Å². The van der Waals surface area contributed by atoms with Crippen LogP contribution in [-0.2, 0) is 16.5 Å². The highest BCUT2D eigenvalue weighted by molar-refractivity contribution is 7.85. The van der Waals surface area contributed by atoms with Crippen molar-refractivity contribution in [3.05, 3.63) is 35.9 Å². The Labute approximate surface area is 130 Å². The molecule has 0 fully saturated rings. The summed E-state index contributed by atoms with van der Waals surface area (Å²) in [5.74, 6) is -14.1. The molecule has 0 radical (unpaired) electrons. The van der Waals surface area contributed by atoms with Gasteiger partial charge in [-0.15, -0.1) is 0 Å². The summed E-state index contributed by atoms with van der Waals surface area (Å²) < 4.78 is 92.0. The van der Waals surface area contributed by atoms with Crippen molar-refractivity contribution in [2.45, 2.75) is 37.5 Å². The van der Waals surface area contributed by atoms with Crippen molar-refractivity contribution in [1.82, 2.24) is 0 Å². The van der Waals surface area contributed by atoms with Crippen molar-refractivity contribution >= 4 is 10.1 Å². The van der Waals surface area contributed by atoms with Gasteiger partial charge >= 0.3 is 11.8 Å². The molecule has 0 aromatic heterocycles. The Morgan fingerprint density at radius 2 is 1.43 bits per heavy atom.